The molecule has 0 fully saturated rings. The van der Waals surface area contributed by atoms with Crippen LogP contribution >= 0.6 is 0 Å². The fourth-order valence-corrected chi connectivity index (χ4v) is 2.30. The third-order valence-electron chi connectivity index (χ3n) is 2.39. The molecule has 0 aliphatic heterocycles. The summed E-state index contributed by atoms with van der Waals surface area (Å²) in [6.45, 7) is 3.91. The Balaban J connectivity index is 2.81. The first kappa shape index (κ1) is 14.7. The SMILES string of the molecule is COCCNS(=O)(=O)Nc1cc(C)c(O)cc1C. The summed E-state index contributed by atoms with van der Waals surface area (Å²) in [4.78, 5) is 0. The summed E-state index contributed by atoms with van der Waals surface area (Å²) in [6.07, 6.45) is 0. The van der Waals surface area contributed by atoms with Crippen LogP contribution in [0.5, 0.6) is 5.75 Å². The quantitative estimate of drug-likeness (QED) is 0.531. The van der Waals surface area contributed by atoms with Gasteiger partial charge in [-0.05, 0) is 37.1 Å². The average molecular weight is 274 g/mol. The molecule has 6 nitrogen and oxygen atoms in total. The van der Waals surface area contributed by atoms with Crippen LogP contribution < -0.4 is 9.44 Å². The van der Waals surface area contributed by atoms with E-state index in [-0.39, 0.29) is 12.3 Å². The van der Waals surface area contributed by atoms with Gasteiger partial charge in [0, 0.05) is 13.7 Å². The molecule has 0 radical (unpaired) electrons. The van der Waals surface area contributed by atoms with E-state index in [0.717, 1.165) is 0 Å². The van der Waals surface area contributed by atoms with Crippen LogP contribution in [-0.4, -0.2) is 33.8 Å². The summed E-state index contributed by atoms with van der Waals surface area (Å²) in [5, 5.41) is 9.49. The Hall–Kier alpha value is -1.31. The van der Waals surface area contributed by atoms with Gasteiger partial charge in [0.25, 0.3) is 10.2 Å². The number of benzene rings is 1. The molecular weight excluding hydrogens is 256 g/mol. The predicted molar refractivity (Wildman–Crippen MR) is 70.0 cm³/mol. The maximum atomic E-state index is 11.7. The molecule has 0 bridgehead atoms. The van der Waals surface area contributed by atoms with E-state index >= 15 is 0 Å². The topological polar surface area (TPSA) is 87.7 Å². The molecule has 18 heavy (non-hydrogen) atoms. The van der Waals surface area contributed by atoms with E-state index in [1.165, 1.54) is 13.2 Å². The van der Waals surface area contributed by atoms with Crippen LogP contribution in [0.2, 0.25) is 0 Å². The Morgan fingerprint density at radius 2 is 1.94 bits per heavy atom. The summed E-state index contributed by atoms with van der Waals surface area (Å²) in [5.41, 5.74) is 1.70. The van der Waals surface area contributed by atoms with Gasteiger partial charge in [-0.3, -0.25) is 4.72 Å². The van der Waals surface area contributed by atoms with Gasteiger partial charge < -0.3 is 9.84 Å². The molecule has 0 amide bonds. The summed E-state index contributed by atoms with van der Waals surface area (Å²) in [6, 6.07) is 3.10. The monoisotopic (exact) mass is 274 g/mol. The van der Waals surface area contributed by atoms with Crippen molar-refractivity contribution in [3.8, 4) is 5.75 Å². The molecule has 0 aliphatic carbocycles. The third kappa shape index (κ3) is 4.17. The number of hydrogen-bond acceptors (Lipinski definition) is 4. The van der Waals surface area contributed by atoms with Crippen molar-refractivity contribution in [3.05, 3.63) is 23.3 Å². The van der Waals surface area contributed by atoms with Crippen molar-refractivity contribution < 1.29 is 18.3 Å². The van der Waals surface area contributed by atoms with Gasteiger partial charge in [0.15, 0.2) is 0 Å². The largest absolute Gasteiger partial charge is 0.508 e. The zero-order valence-electron chi connectivity index (χ0n) is 10.6. The number of aryl methyl sites for hydroxylation is 2. The summed E-state index contributed by atoms with van der Waals surface area (Å²) in [7, 11) is -2.13. The normalized spacial score (nSPS) is 11.5. The molecule has 1 rings (SSSR count). The molecular formula is C11H18N2O4S. The Labute approximate surface area is 107 Å². The fraction of sp³-hybridized carbons (Fsp3) is 0.455. The Kier molecular flexibility index (Phi) is 4.94. The minimum atomic E-state index is -3.62. The first-order chi connectivity index (χ1) is 8.35. The second-order valence-electron chi connectivity index (χ2n) is 3.95. The van der Waals surface area contributed by atoms with Crippen LogP contribution in [0.1, 0.15) is 11.1 Å². The number of nitrogens with one attached hydrogen (secondary N) is 2. The zero-order valence-corrected chi connectivity index (χ0v) is 11.5. The van der Waals surface area contributed by atoms with E-state index in [1.54, 1.807) is 19.9 Å². The molecule has 0 atom stereocenters. The van der Waals surface area contributed by atoms with Gasteiger partial charge in [-0.2, -0.15) is 13.1 Å². The van der Waals surface area contributed by atoms with Crippen molar-refractivity contribution in [2.75, 3.05) is 25.0 Å². The molecule has 1 aromatic carbocycles. The third-order valence-corrected chi connectivity index (χ3v) is 3.46. The molecule has 0 heterocycles. The van der Waals surface area contributed by atoms with E-state index in [9.17, 15) is 13.5 Å². The van der Waals surface area contributed by atoms with Crippen LogP contribution in [0.15, 0.2) is 12.1 Å². The number of phenolic OH excluding ortho intramolecular Hbond substituents is 1. The van der Waals surface area contributed by atoms with E-state index in [4.69, 9.17) is 4.74 Å². The van der Waals surface area contributed by atoms with Crippen molar-refractivity contribution in [2.24, 2.45) is 0 Å². The van der Waals surface area contributed by atoms with Gasteiger partial charge in [-0.1, -0.05) is 0 Å². The molecule has 3 N–H and O–H groups in total. The van der Waals surface area contributed by atoms with Crippen LogP contribution in [0.3, 0.4) is 0 Å². The molecule has 7 heteroatoms. The van der Waals surface area contributed by atoms with Gasteiger partial charge in [-0.15, -0.1) is 0 Å². The standard InChI is InChI=1S/C11H18N2O4S/c1-8-7-11(14)9(2)6-10(8)13-18(15,16)12-4-5-17-3/h6-7,12-14H,4-5H2,1-3H3. The van der Waals surface area contributed by atoms with Crippen molar-refractivity contribution in [1.82, 2.24) is 4.72 Å². The highest BCUT2D eigenvalue weighted by Crippen LogP contribution is 2.25. The van der Waals surface area contributed by atoms with Crippen molar-refractivity contribution in [2.45, 2.75) is 13.8 Å². The number of aromatic hydroxyl groups is 1. The van der Waals surface area contributed by atoms with E-state index in [2.05, 4.69) is 9.44 Å². The lowest BCUT2D eigenvalue weighted by Crippen LogP contribution is -2.32. The first-order valence-corrected chi connectivity index (χ1v) is 6.90. The number of ether oxygens (including phenoxy) is 1. The van der Waals surface area contributed by atoms with Crippen molar-refractivity contribution in [3.63, 3.8) is 0 Å². The lowest BCUT2D eigenvalue weighted by molar-refractivity contribution is 0.204. The number of methoxy groups -OCH3 is 1. The average Bonchev–Trinajstić information content (AvgIpc) is 2.26. The Morgan fingerprint density at radius 1 is 1.28 bits per heavy atom. The zero-order chi connectivity index (χ0) is 13.8. The second kappa shape index (κ2) is 6.03. The number of phenols is 1. The first-order valence-electron chi connectivity index (χ1n) is 5.42. The van der Waals surface area contributed by atoms with Crippen LogP contribution in [-0.2, 0) is 14.9 Å². The van der Waals surface area contributed by atoms with Gasteiger partial charge >= 0.3 is 0 Å². The van der Waals surface area contributed by atoms with Crippen molar-refractivity contribution >= 4 is 15.9 Å². The molecule has 0 saturated heterocycles. The van der Waals surface area contributed by atoms with E-state index in [1.807, 2.05) is 0 Å². The van der Waals surface area contributed by atoms with E-state index in [0.29, 0.717) is 23.4 Å². The molecule has 0 saturated carbocycles. The van der Waals surface area contributed by atoms with E-state index < -0.39 is 10.2 Å². The maximum Gasteiger partial charge on any atom is 0.299 e. The highest BCUT2D eigenvalue weighted by atomic mass is 32.2. The van der Waals surface area contributed by atoms with Gasteiger partial charge in [0.1, 0.15) is 5.75 Å². The summed E-state index contributed by atoms with van der Waals surface area (Å²) in [5.74, 6) is 0.141. The van der Waals surface area contributed by atoms with Crippen LogP contribution in [0, 0.1) is 13.8 Å². The number of rotatable bonds is 6. The van der Waals surface area contributed by atoms with Crippen molar-refractivity contribution in [1.29, 1.82) is 0 Å². The number of anilines is 1. The Morgan fingerprint density at radius 3 is 2.56 bits per heavy atom. The minimum Gasteiger partial charge on any atom is -0.508 e. The molecule has 102 valence electrons. The minimum absolute atomic E-state index is 0.141. The Bertz CT molecular complexity index is 514. The summed E-state index contributed by atoms with van der Waals surface area (Å²) >= 11 is 0. The van der Waals surface area contributed by atoms with Crippen LogP contribution in [0.25, 0.3) is 0 Å². The highest BCUT2D eigenvalue weighted by molar-refractivity contribution is 7.90. The molecule has 0 aromatic heterocycles. The van der Waals surface area contributed by atoms with Gasteiger partial charge in [0.2, 0.25) is 0 Å². The molecule has 1 aromatic rings. The highest BCUT2D eigenvalue weighted by Gasteiger charge is 2.12. The lowest BCUT2D eigenvalue weighted by Gasteiger charge is -2.12. The van der Waals surface area contributed by atoms with Crippen LogP contribution in [0.4, 0.5) is 5.69 Å². The maximum absolute atomic E-state index is 11.7. The second-order valence-corrected chi connectivity index (χ2v) is 5.45. The molecule has 0 unspecified atom stereocenters. The lowest BCUT2D eigenvalue weighted by atomic mass is 10.1. The molecule has 0 spiro atoms. The smallest absolute Gasteiger partial charge is 0.299 e. The predicted octanol–water partition coefficient (Wildman–Crippen LogP) is 0.902. The van der Waals surface area contributed by atoms with Gasteiger partial charge in [0.05, 0.1) is 12.3 Å². The fourth-order valence-electron chi connectivity index (χ4n) is 1.37. The molecule has 0 aliphatic rings. The summed E-state index contributed by atoms with van der Waals surface area (Å²) < 4.78 is 32.9. The van der Waals surface area contributed by atoms with Gasteiger partial charge in [-0.25, -0.2) is 0 Å². The number of hydrogen-bond donors (Lipinski definition) is 3.